The van der Waals surface area contributed by atoms with Crippen LogP contribution in [-0.2, 0) is 22.6 Å². The van der Waals surface area contributed by atoms with Crippen LogP contribution in [0, 0.1) is 5.92 Å². The van der Waals surface area contributed by atoms with Crippen molar-refractivity contribution in [3.63, 3.8) is 0 Å². The predicted molar refractivity (Wildman–Crippen MR) is 152 cm³/mol. The van der Waals surface area contributed by atoms with Crippen molar-refractivity contribution in [2.45, 2.75) is 46.0 Å². The number of rotatable bonds is 9. The topological polar surface area (TPSA) is 126 Å². The third kappa shape index (κ3) is 7.07. The van der Waals surface area contributed by atoms with Crippen LogP contribution in [0.15, 0.2) is 55.0 Å². The summed E-state index contributed by atoms with van der Waals surface area (Å²) >= 11 is 0. The normalized spacial score (nSPS) is 18.3. The highest BCUT2D eigenvalue weighted by atomic mass is 16.6. The molecule has 1 aromatic carbocycles. The molecule has 2 aliphatic heterocycles. The molecule has 41 heavy (non-hydrogen) atoms. The van der Waals surface area contributed by atoms with Gasteiger partial charge in [0.1, 0.15) is 24.9 Å². The van der Waals surface area contributed by atoms with Gasteiger partial charge in [0.25, 0.3) is 0 Å². The third-order valence-corrected chi connectivity index (χ3v) is 7.33. The lowest BCUT2D eigenvalue weighted by atomic mass is 10.0. The minimum atomic E-state index is -0.394. The summed E-state index contributed by atoms with van der Waals surface area (Å²) < 4.78 is 10.7. The first-order chi connectivity index (χ1) is 19.9. The Balaban J connectivity index is 1.10. The summed E-state index contributed by atoms with van der Waals surface area (Å²) in [7, 11) is 0. The van der Waals surface area contributed by atoms with E-state index in [-0.39, 0.29) is 30.7 Å². The van der Waals surface area contributed by atoms with E-state index in [4.69, 9.17) is 9.47 Å². The molecule has 0 bridgehead atoms. The van der Waals surface area contributed by atoms with E-state index in [0.29, 0.717) is 43.8 Å². The van der Waals surface area contributed by atoms with E-state index < -0.39 is 6.09 Å². The first-order valence-electron chi connectivity index (χ1n) is 13.9. The van der Waals surface area contributed by atoms with Crippen molar-refractivity contribution in [1.29, 1.82) is 0 Å². The average molecular weight is 561 g/mol. The number of cyclic esters (lactones) is 1. The summed E-state index contributed by atoms with van der Waals surface area (Å²) in [5.41, 5.74) is 1.86. The van der Waals surface area contributed by atoms with Crippen molar-refractivity contribution >= 4 is 24.0 Å². The van der Waals surface area contributed by atoms with Gasteiger partial charge >= 0.3 is 12.2 Å². The lowest BCUT2D eigenvalue weighted by Gasteiger charge is -2.33. The van der Waals surface area contributed by atoms with Gasteiger partial charge in [-0.25, -0.2) is 24.5 Å². The van der Waals surface area contributed by atoms with Crippen LogP contribution in [-0.4, -0.2) is 80.7 Å². The highest BCUT2D eigenvalue weighted by molar-refractivity contribution is 5.89. The van der Waals surface area contributed by atoms with Crippen molar-refractivity contribution in [2.75, 3.05) is 43.0 Å². The standard InChI is InChI=1S/C29H36N8O4/c1-20(2)24-19-41-29(39)37(24)26-9-10-30-27(34-26)33-21(3)23-15-31-25(32-16-23)17-35-11-13-36(14-12-35)28(38)40-18-22-7-5-4-6-8-22/h4-10,15-16,20-21,24H,11-14,17-19H2,1-3H3,(H,30,33,34). The maximum atomic E-state index is 12.4. The predicted octanol–water partition coefficient (Wildman–Crippen LogP) is 3.88. The number of anilines is 2. The molecule has 2 atom stereocenters. The Morgan fingerprint density at radius 1 is 1.05 bits per heavy atom. The van der Waals surface area contributed by atoms with Crippen molar-refractivity contribution in [1.82, 2.24) is 29.7 Å². The highest BCUT2D eigenvalue weighted by Crippen LogP contribution is 2.26. The first-order valence-corrected chi connectivity index (χ1v) is 13.9. The number of nitrogens with one attached hydrogen (secondary N) is 1. The Labute approximate surface area is 239 Å². The number of aromatic nitrogens is 4. The zero-order valence-corrected chi connectivity index (χ0v) is 23.6. The summed E-state index contributed by atoms with van der Waals surface area (Å²) in [6.45, 7) is 9.94. The monoisotopic (exact) mass is 560 g/mol. The van der Waals surface area contributed by atoms with E-state index >= 15 is 0 Å². The smallest absolute Gasteiger partial charge is 0.415 e. The van der Waals surface area contributed by atoms with Gasteiger partial charge in [0, 0.05) is 50.3 Å². The minimum absolute atomic E-state index is 0.0694. The third-order valence-electron chi connectivity index (χ3n) is 7.33. The largest absolute Gasteiger partial charge is 0.447 e. The Bertz CT molecular complexity index is 1320. The van der Waals surface area contributed by atoms with Gasteiger partial charge in [-0.1, -0.05) is 44.2 Å². The SMILES string of the molecule is CC(Nc1nccc(N2C(=O)OCC2C(C)C)n1)c1cnc(CN2CCN(C(=O)OCc3ccccc3)CC2)nc1. The van der Waals surface area contributed by atoms with Crippen molar-refractivity contribution < 1.29 is 19.1 Å². The van der Waals surface area contributed by atoms with E-state index in [0.717, 1.165) is 24.2 Å². The summed E-state index contributed by atoms with van der Waals surface area (Å²) in [4.78, 5) is 48.3. The zero-order chi connectivity index (χ0) is 28.8. The van der Waals surface area contributed by atoms with E-state index in [9.17, 15) is 9.59 Å². The van der Waals surface area contributed by atoms with Gasteiger partial charge in [0.2, 0.25) is 5.95 Å². The molecule has 1 N–H and O–H groups in total. The van der Waals surface area contributed by atoms with Crippen LogP contribution >= 0.6 is 0 Å². The summed E-state index contributed by atoms with van der Waals surface area (Å²) in [5.74, 6) is 1.85. The van der Waals surface area contributed by atoms with E-state index in [1.54, 1.807) is 34.5 Å². The fourth-order valence-electron chi connectivity index (χ4n) is 4.79. The quantitative estimate of drug-likeness (QED) is 0.412. The first kappa shape index (κ1) is 28.2. The highest BCUT2D eigenvalue weighted by Gasteiger charge is 2.37. The van der Waals surface area contributed by atoms with Crippen LogP contribution in [0.4, 0.5) is 21.4 Å². The molecule has 4 heterocycles. The van der Waals surface area contributed by atoms with Gasteiger partial charge in [-0.3, -0.25) is 9.80 Å². The number of hydrogen-bond donors (Lipinski definition) is 1. The maximum absolute atomic E-state index is 12.4. The van der Waals surface area contributed by atoms with Crippen LogP contribution in [0.3, 0.4) is 0 Å². The molecule has 0 saturated carbocycles. The molecule has 5 rings (SSSR count). The molecule has 216 valence electrons. The summed E-state index contributed by atoms with van der Waals surface area (Å²) in [6, 6.07) is 11.2. The molecule has 0 radical (unpaired) electrons. The number of hydrogen-bond acceptors (Lipinski definition) is 10. The second-order valence-corrected chi connectivity index (χ2v) is 10.6. The van der Waals surface area contributed by atoms with Gasteiger partial charge in [-0.15, -0.1) is 0 Å². The van der Waals surface area contributed by atoms with E-state index in [1.807, 2.05) is 37.3 Å². The van der Waals surface area contributed by atoms with Crippen molar-refractivity contribution in [2.24, 2.45) is 5.92 Å². The number of carbonyl (C=O) groups excluding carboxylic acids is 2. The molecule has 0 aliphatic carbocycles. The zero-order valence-electron chi connectivity index (χ0n) is 23.6. The maximum Gasteiger partial charge on any atom is 0.415 e. The Kier molecular flexibility index (Phi) is 8.88. The fraction of sp³-hybridized carbons (Fsp3) is 0.448. The van der Waals surface area contributed by atoms with E-state index in [1.165, 1.54) is 0 Å². The molecule has 12 nitrogen and oxygen atoms in total. The Morgan fingerprint density at radius 2 is 1.78 bits per heavy atom. The number of ether oxygens (including phenoxy) is 2. The van der Waals surface area contributed by atoms with Gasteiger partial charge in [0.15, 0.2) is 0 Å². The second-order valence-electron chi connectivity index (χ2n) is 10.6. The molecule has 3 aromatic rings. The number of piperazine rings is 1. The molecule has 12 heteroatoms. The van der Waals surface area contributed by atoms with Crippen LogP contribution < -0.4 is 10.2 Å². The fourth-order valence-corrected chi connectivity index (χ4v) is 4.79. The van der Waals surface area contributed by atoms with Gasteiger partial charge in [-0.2, -0.15) is 4.98 Å². The van der Waals surface area contributed by atoms with Gasteiger partial charge in [0.05, 0.1) is 18.6 Å². The van der Waals surface area contributed by atoms with Crippen molar-refractivity contribution in [3.8, 4) is 0 Å². The molecule has 2 saturated heterocycles. The van der Waals surface area contributed by atoms with E-state index in [2.05, 4.69) is 44.0 Å². The lowest BCUT2D eigenvalue weighted by Crippen LogP contribution is -2.48. The van der Waals surface area contributed by atoms with Gasteiger partial charge < -0.3 is 19.7 Å². The molecule has 2 unspecified atom stereocenters. The van der Waals surface area contributed by atoms with Crippen LogP contribution in [0.1, 0.15) is 43.8 Å². The molecule has 2 fully saturated rings. The van der Waals surface area contributed by atoms with Crippen LogP contribution in [0.2, 0.25) is 0 Å². The minimum Gasteiger partial charge on any atom is -0.447 e. The number of amides is 2. The van der Waals surface area contributed by atoms with Crippen molar-refractivity contribution in [3.05, 3.63) is 71.9 Å². The number of benzene rings is 1. The number of carbonyl (C=O) groups is 2. The molecular formula is C29H36N8O4. The lowest BCUT2D eigenvalue weighted by molar-refractivity contribution is 0.0694. The molecule has 2 aliphatic rings. The molecular weight excluding hydrogens is 524 g/mol. The Morgan fingerprint density at radius 3 is 2.49 bits per heavy atom. The second kappa shape index (κ2) is 12.9. The van der Waals surface area contributed by atoms with Crippen LogP contribution in [0.25, 0.3) is 0 Å². The summed E-state index contributed by atoms with van der Waals surface area (Å²) in [6.07, 6.45) is 4.55. The average Bonchev–Trinajstić information content (AvgIpc) is 3.39. The Hall–Kier alpha value is -4.32. The number of nitrogens with zero attached hydrogens (tertiary/aromatic N) is 7. The molecule has 2 aromatic heterocycles. The summed E-state index contributed by atoms with van der Waals surface area (Å²) in [5, 5.41) is 3.28. The van der Waals surface area contributed by atoms with Gasteiger partial charge in [-0.05, 0) is 24.5 Å². The molecule has 2 amide bonds. The molecule has 0 spiro atoms. The van der Waals surface area contributed by atoms with Crippen LogP contribution in [0.5, 0.6) is 0 Å².